The maximum atomic E-state index is 13.0. The van der Waals surface area contributed by atoms with Crippen LogP contribution in [-0.2, 0) is 14.3 Å². The molecular weight excluding hydrogens is 377 g/mol. The lowest BCUT2D eigenvalue weighted by Gasteiger charge is -2.34. The van der Waals surface area contributed by atoms with Gasteiger partial charge in [-0.2, -0.15) is 0 Å². The van der Waals surface area contributed by atoms with Gasteiger partial charge in [0.15, 0.2) is 0 Å². The van der Waals surface area contributed by atoms with Crippen LogP contribution in [0.5, 0.6) is 0 Å². The van der Waals surface area contributed by atoms with Gasteiger partial charge in [-0.15, -0.1) is 0 Å². The molecule has 7 nitrogen and oxygen atoms in total. The Bertz CT molecular complexity index is 930. The Kier molecular flexibility index (Phi) is 6.11. The summed E-state index contributed by atoms with van der Waals surface area (Å²) in [6.45, 7) is 4.24. The van der Waals surface area contributed by atoms with Gasteiger partial charge in [-0.1, -0.05) is 0 Å². The van der Waals surface area contributed by atoms with Crippen LogP contribution in [0.25, 0.3) is 0 Å². The van der Waals surface area contributed by atoms with Crippen molar-refractivity contribution in [3.8, 4) is 0 Å². The van der Waals surface area contributed by atoms with Crippen molar-refractivity contribution in [2.24, 2.45) is 0 Å². The maximum absolute atomic E-state index is 13.0. The summed E-state index contributed by atoms with van der Waals surface area (Å²) in [6, 6.07) is 9.50. The Morgan fingerprint density at radius 3 is 2.55 bits per heavy atom. The Morgan fingerprint density at radius 2 is 1.90 bits per heavy atom. The highest BCUT2D eigenvalue weighted by molar-refractivity contribution is 6.08. The SMILES string of the molecule is CCOC(=O)c1ccc2c(c1)N[C@@H](CC(=O)Nc1ccc(F)cc1)C(=O)N2CC. The minimum absolute atomic E-state index is 0.115. The van der Waals surface area contributed by atoms with E-state index in [0.717, 1.165) is 0 Å². The van der Waals surface area contributed by atoms with E-state index < -0.39 is 17.8 Å². The lowest BCUT2D eigenvalue weighted by Crippen LogP contribution is -2.48. The first-order chi connectivity index (χ1) is 13.9. The standard InChI is InChI=1S/C21H22FN3O4/c1-3-25-18-10-5-13(21(28)29-4-2)11-16(18)24-17(20(25)27)12-19(26)23-15-8-6-14(22)7-9-15/h5-11,17,24H,3-4,12H2,1-2H3,(H,23,26)/t17-/m0/s1. The Morgan fingerprint density at radius 1 is 1.17 bits per heavy atom. The number of carbonyl (C=O) groups excluding carboxylic acids is 3. The minimum Gasteiger partial charge on any atom is -0.462 e. The van der Waals surface area contributed by atoms with Gasteiger partial charge in [-0.3, -0.25) is 9.59 Å². The molecule has 29 heavy (non-hydrogen) atoms. The lowest BCUT2D eigenvalue weighted by atomic mass is 10.0. The fourth-order valence-corrected chi connectivity index (χ4v) is 3.18. The summed E-state index contributed by atoms with van der Waals surface area (Å²) >= 11 is 0. The molecule has 1 atom stereocenters. The van der Waals surface area contributed by atoms with E-state index in [4.69, 9.17) is 4.74 Å². The van der Waals surface area contributed by atoms with Crippen molar-refractivity contribution in [1.29, 1.82) is 0 Å². The topological polar surface area (TPSA) is 87.7 Å². The van der Waals surface area contributed by atoms with Crippen LogP contribution in [0.4, 0.5) is 21.5 Å². The monoisotopic (exact) mass is 399 g/mol. The second-order valence-electron chi connectivity index (χ2n) is 6.49. The van der Waals surface area contributed by atoms with E-state index in [0.29, 0.717) is 29.2 Å². The van der Waals surface area contributed by atoms with Gasteiger partial charge in [-0.05, 0) is 56.3 Å². The van der Waals surface area contributed by atoms with Crippen molar-refractivity contribution in [1.82, 2.24) is 0 Å². The molecule has 0 aliphatic carbocycles. The zero-order valence-corrected chi connectivity index (χ0v) is 16.2. The number of anilines is 3. The quantitative estimate of drug-likeness (QED) is 0.729. The molecule has 0 radical (unpaired) electrons. The summed E-state index contributed by atoms with van der Waals surface area (Å²) in [4.78, 5) is 38.8. The molecule has 2 aromatic rings. The van der Waals surface area contributed by atoms with E-state index in [1.807, 2.05) is 6.92 Å². The molecule has 1 aliphatic rings. The van der Waals surface area contributed by atoms with Gasteiger partial charge in [0, 0.05) is 12.2 Å². The van der Waals surface area contributed by atoms with Crippen LogP contribution in [0.3, 0.4) is 0 Å². The van der Waals surface area contributed by atoms with E-state index in [1.54, 1.807) is 30.0 Å². The van der Waals surface area contributed by atoms with E-state index >= 15 is 0 Å². The number of ether oxygens (including phenoxy) is 1. The Hall–Kier alpha value is -3.42. The highest BCUT2D eigenvalue weighted by Gasteiger charge is 2.33. The second-order valence-corrected chi connectivity index (χ2v) is 6.49. The molecule has 0 bridgehead atoms. The van der Waals surface area contributed by atoms with Crippen molar-refractivity contribution in [2.75, 3.05) is 28.7 Å². The van der Waals surface area contributed by atoms with Gasteiger partial charge in [0.05, 0.1) is 30.0 Å². The van der Waals surface area contributed by atoms with Crippen molar-refractivity contribution < 1.29 is 23.5 Å². The molecule has 2 amide bonds. The van der Waals surface area contributed by atoms with Gasteiger partial charge in [0.25, 0.3) is 0 Å². The van der Waals surface area contributed by atoms with Crippen molar-refractivity contribution in [3.63, 3.8) is 0 Å². The van der Waals surface area contributed by atoms with Gasteiger partial charge >= 0.3 is 5.97 Å². The number of hydrogen-bond acceptors (Lipinski definition) is 5. The average molecular weight is 399 g/mol. The molecule has 0 saturated heterocycles. The first-order valence-electron chi connectivity index (χ1n) is 9.37. The van der Waals surface area contributed by atoms with Crippen molar-refractivity contribution in [3.05, 3.63) is 53.8 Å². The van der Waals surface area contributed by atoms with E-state index in [1.165, 1.54) is 24.3 Å². The summed E-state index contributed by atoms with van der Waals surface area (Å²) in [5.41, 5.74) is 2.02. The summed E-state index contributed by atoms with van der Waals surface area (Å²) in [5.74, 6) is -1.48. The molecule has 0 saturated carbocycles. The van der Waals surface area contributed by atoms with Gasteiger partial charge < -0.3 is 20.3 Å². The molecule has 0 aromatic heterocycles. The predicted octanol–water partition coefficient (Wildman–Crippen LogP) is 3.18. The fourth-order valence-electron chi connectivity index (χ4n) is 3.18. The number of esters is 1. The van der Waals surface area contributed by atoms with E-state index in [-0.39, 0.29) is 24.8 Å². The Balaban J connectivity index is 1.78. The molecule has 3 rings (SSSR count). The van der Waals surface area contributed by atoms with Gasteiger partial charge in [0.2, 0.25) is 11.8 Å². The number of amides is 2. The molecule has 152 valence electrons. The summed E-state index contributed by atoms with van der Waals surface area (Å²) in [7, 11) is 0. The zero-order valence-electron chi connectivity index (χ0n) is 16.2. The highest BCUT2D eigenvalue weighted by atomic mass is 19.1. The first-order valence-corrected chi connectivity index (χ1v) is 9.37. The average Bonchev–Trinajstić information content (AvgIpc) is 2.70. The van der Waals surface area contributed by atoms with Crippen LogP contribution < -0.4 is 15.5 Å². The number of nitrogens with one attached hydrogen (secondary N) is 2. The number of likely N-dealkylation sites (N-methyl/N-ethyl adjacent to an activating group) is 1. The van der Waals surface area contributed by atoms with Gasteiger partial charge in [0.1, 0.15) is 11.9 Å². The number of rotatable bonds is 6. The molecule has 2 N–H and O–H groups in total. The number of fused-ring (bicyclic) bond motifs is 1. The molecule has 0 fully saturated rings. The van der Waals surface area contributed by atoms with Gasteiger partial charge in [-0.25, -0.2) is 9.18 Å². The largest absolute Gasteiger partial charge is 0.462 e. The summed E-state index contributed by atoms with van der Waals surface area (Å²) < 4.78 is 18.0. The molecule has 0 unspecified atom stereocenters. The molecule has 8 heteroatoms. The van der Waals surface area contributed by atoms with Crippen LogP contribution in [0.15, 0.2) is 42.5 Å². The second kappa shape index (κ2) is 8.72. The van der Waals surface area contributed by atoms with Crippen molar-refractivity contribution >= 4 is 34.8 Å². The fraction of sp³-hybridized carbons (Fsp3) is 0.286. The predicted molar refractivity (Wildman–Crippen MR) is 107 cm³/mol. The van der Waals surface area contributed by atoms with E-state index in [9.17, 15) is 18.8 Å². The van der Waals surface area contributed by atoms with E-state index in [2.05, 4.69) is 10.6 Å². The Labute approximate surface area is 167 Å². The normalized spacial score (nSPS) is 15.3. The number of benzene rings is 2. The summed E-state index contributed by atoms with van der Waals surface area (Å²) in [6.07, 6.45) is -0.115. The number of nitrogens with zero attached hydrogens (tertiary/aromatic N) is 1. The zero-order chi connectivity index (χ0) is 21.0. The molecular formula is C21H22FN3O4. The van der Waals surface area contributed by atoms with Crippen LogP contribution in [0, 0.1) is 5.82 Å². The van der Waals surface area contributed by atoms with Crippen molar-refractivity contribution in [2.45, 2.75) is 26.3 Å². The van der Waals surface area contributed by atoms with Crippen LogP contribution in [0.1, 0.15) is 30.6 Å². The first kappa shape index (κ1) is 20.3. The molecule has 0 spiro atoms. The third kappa shape index (κ3) is 4.53. The smallest absolute Gasteiger partial charge is 0.338 e. The highest BCUT2D eigenvalue weighted by Crippen LogP contribution is 2.33. The third-order valence-corrected chi connectivity index (χ3v) is 4.53. The molecule has 2 aromatic carbocycles. The number of hydrogen-bond donors (Lipinski definition) is 2. The van der Waals surface area contributed by atoms with Crippen LogP contribution >= 0.6 is 0 Å². The maximum Gasteiger partial charge on any atom is 0.338 e. The third-order valence-electron chi connectivity index (χ3n) is 4.53. The van der Waals surface area contributed by atoms with Crippen LogP contribution in [0.2, 0.25) is 0 Å². The molecule has 1 heterocycles. The molecule has 1 aliphatic heterocycles. The summed E-state index contributed by atoms with van der Waals surface area (Å²) in [5, 5.41) is 5.70. The van der Waals surface area contributed by atoms with Crippen LogP contribution in [-0.4, -0.2) is 37.0 Å². The number of carbonyl (C=O) groups is 3. The number of halogens is 1. The minimum atomic E-state index is -0.791. The lowest BCUT2D eigenvalue weighted by molar-refractivity contribution is -0.123.